The highest BCUT2D eigenvalue weighted by Gasteiger charge is 2.38. The number of hydrogen-bond acceptors (Lipinski definition) is 3. The molecule has 28 heavy (non-hydrogen) atoms. The van der Waals surface area contributed by atoms with Gasteiger partial charge in [-0.25, -0.2) is 8.42 Å². The molecule has 4 rings (SSSR count). The van der Waals surface area contributed by atoms with E-state index in [-0.39, 0.29) is 11.8 Å². The number of fused-ring (bicyclic) bond motifs is 1. The highest BCUT2D eigenvalue weighted by molar-refractivity contribution is 7.89. The lowest BCUT2D eigenvalue weighted by Crippen LogP contribution is -2.50. The van der Waals surface area contributed by atoms with Crippen molar-refractivity contribution in [3.63, 3.8) is 0 Å². The monoisotopic (exact) mass is 404 g/mol. The van der Waals surface area contributed by atoms with Gasteiger partial charge in [-0.05, 0) is 56.6 Å². The minimum Gasteiger partial charge on any atom is -0.342 e. The number of rotatable bonds is 3. The summed E-state index contributed by atoms with van der Waals surface area (Å²) in [5, 5.41) is 0. The number of carbonyl (C=O) groups is 1. The zero-order valence-electron chi connectivity index (χ0n) is 16.8. The first-order valence-corrected chi connectivity index (χ1v) is 12.2. The summed E-state index contributed by atoms with van der Waals surface area (Å²) in [6.07, 6.45) is 7.85. The van der Waals surface area contributed by atoms with Crippen LogP contribution in [0.4, 0.5) is 0 Å². The molecule has 0 unspecified atom stereocenters. The fourth-order valence-electron chi connectivity index (χ4n) is 5.28. The topological polar surface area (TPSA) is 57.7 Å². The van der Waals surface area contributed by atoms with E-state index < -0.39 is 10.0 Å². The molecular weight excluding hydrogens is 372 g/mol. The van der Waals surface area contributed by atoms with E-state index in [1.54, 1.807) is 12.1 Å². The molecule has 1 aromatic rings. The molecule has 1 aliphatic carbocycles. The van der Waals surface area contributed by atoms with Gasteiger partial charge >= 0.3 is 0 Å². The summed E-state index contributed by atoms with van der Waals surface area (Å²) >= 11 is 0. The van der Waals surface area contributed by atoms with Crippen LogP contribution in [0.25, 0.3) is 0 Å². The van der Waals surface area contributed by atoms with E-state index in [1.807, 2.05) is 24.0 Å². The van der Waals surface area contributed by atoms with Crippen molar-refractivity contribution < 1.29 is 13.2 Å². The van der Waals surface area contributed by atoms with Gasteiger partial charge < -0.3 is 4.90 Å². The van der Waals surface area contributed by atoms with Crippen LogP contribution in [0, 0.1) is 24.7 Å². The van der Waals surface area contributed by atoms with Crippen LogP contribution in [-0.4, -0.2) is 49.7 Å². The molecule has 0 N–H and O–H groups in total. The van der Waals surface area contributed by atoms with Gasteiger partial charge in [0.15, 0.2) is 0 Å². The van der Waals surface area contributed by atoms with Crippen molar-refractivity contribution in [2.45, 2.75) is 56.8 Å². The molecule has 2 heterocycles. The van der Waals surface area contributed by atoms with Crippen LogP contribution in [0.5, 0.6) is 0 Å². The van der Waals surface area contributed by atoms with Gasteiger partial charge in [0.1, 0.15) is 0 Å². The van der Waals surface area contributed by atoms with Crippen molar-refractivity contribution in [2.24, 2.45) is 17.8 Å². The lowest BCUT2D eigenvalue weighted by molar-refractivity contribution is -0.139. The maximum Gasteiger partial charge on any atom is 0.243 e. The normalized spacial score (nSPS) is 29.3. The average molecular weight is 405 g/mol. The molecule has 2 saturated heterocycles. The first-order chi connectivity index (χ1) is 13.4. The molecule has 0 aromatic heterocycles. The van der Waals surface area contributed by atoms with Crippen LogP contribution < -0.4 is 0 Å². The summed E-state index contributed by atoms with van der Waals surface area (Å²) in [6.45, 7) is 4.50. The third-order valence-corrected chi connectivity index (χ3v) is 8.87. The third kappa shape index (κ3) is 3.99. The number of likely N-dealkylation sites (tertiary alicyclic amines) is 1. The Morgan fingerprint density at radius 3 is 2.36 bits per heavy atom. The molecule has 3 atom stereocenters. The Hall–Kier alpha value is -1.40. The van der Waals surface area contributed by atoms with Gasteiger partial charge in [-0.1, -0.05) is 37.0 Å². The predicted octanol–water partition coefficient (Wildman–Crippen LogP) is 3.43. The van der Waals surface area contributed by atoms with Gasteiger partial charge in [-0.3, -0.25) is 4.79 Å². The SMILES string of the molecule is Cc1ccc(S(=O)(=O)N2CCC[C@@H](C(=O)N3CC[C@@H]4CCCC[C@@H]4C3)C2)cc1. The quantitative estimate of drug-likeness (QED) is 0.775. The first kappa shape index (κ1) is 19.9. The second kappa shape index (κ2) is 8.15. The van der Waals surface area contributed by atoms with Crippen molar-refractivity contribution in [1.82, 2.24) is 9.21 Å². The van der Waals surface area contributed by atoms with Crippen molar-refractivity contribution >= 4 is 15.9 Å². The molecule has 1 saturated carbocycles. The number of amides is 1. The van der Waals surface area contributed by atoms with Crippen molar-refractivity contribution in [1.29, 1.82) is 0 Å². The molecule has 0 spiro atoms. The molecule has 0 radical (unpaired) electrons. The molecule has 1 aromatic carbocycles. The molecule has 2 aliphatic heterocycles. The molecule has 6 heteroatoms. The predicted molar refractivity (Wildman–Crippen MR) is 109 cm³/mol. The van der Waals surface area contributed by atoms with Crippen molar-refractivity contribution in [2.75, 3.05) is 26.2 Å². The van der Waals surface area contributed by atoms with E-state index in [0.717, 1.165) is 43.8 Å². The smallest absolute Gasteiger partial charge is 0.243 e. The number of nitrogens with zero attached hydrogens (tertiary/aromatic N) is 2. The zero-order valence-corrected chi connectivity index (χ0v) is 17.7. The Bertz CT molecular complexity index is 806. The van der Waals surface area contributed by atoms with E-state index >= 15 is 0 Å². The largest absolute Gasteiger partial charge is 0.342 e. The van der Waals surface area contributed by atoms with Gasteiger partial charge in [-0.15, -0.1) is 0 Å². The molecule has 154 valence electrons. The van der Waals surface area contributed by atoms with Crippen LogP contribution in [0.3, 0.4) is 0 Å². The van der Waals surface area contributed by atoms with E-state index in [2.05, 4.69) is 0 Å². The first-order valence-electron chi connectivity index (χ1n) is 10.8. The Balaban J connectivity index is 1.43. The van der Waals surface area contributed by atoms with E-state index in [9.17, 15) is 13.2 Å². The Kier molecular flexibility index (Phi) is 5.79. The van der Waals surface area contributed by atoms with Gasteiger partial charge in [0.25, 0.3) is 0 Å². The molecule has 3 fully saturated rings. The fourth-order valence-corrected chi connectivity index (χ4v) is 6.80. The maximum atomic E-state index is 13.2. The number of aryl methyl sites for hydroxylation is 1. The lowest BCUT2D eigenvalue weighted by atomic mass is 9.75. The lowest BCUT2D eigenvalue weighted by Gasteiger charge is -2.43. The van der Waals surface area contributed by atoms with Gasteiger partial charge in [0, 0.05) is 26.2 Å². The fraction of sp³-hybridized carbons (Fsp3) is 0.682. The second-order valence-corrected chi connectivity index (χ2v) is 10.8. The summed E-state index contributed by atoms with van der Waals surface area (Å²) in [5.74, 6) is 1.42. The third-order valence-electron chi connectivity index (χ3n) is 6.99. The molecule has 0 bridgehead atoms. The standard InChI is InChI=1S/C22H32N2O3S/c1-17-8-10-21(11-9-17)28(26,27)24-13-4-7-20(16-24)22(25)23-14-12-18-5-2-3-6-19(18)15-23/h8-11,18-20H,2-7,12-16H2,1H3/t18-,19+,20+/m0/s1. The molecule has 3 aliphatic rings. The van der Waals surface area contributed by atoms with Gasteiger partial charge in [0.2, 0.25) is 15.9 Å². The summed E-state index contributed by atoms with van der Waals surface area (Å²) in [5.41, 5.74) is 1.04. The zero-order chi connectivity index (χ0) is 19.7. The van der Waals surface area contributed by atoms with Crippen LogP contribution in [0.15, 0.2) is 29.2 Å². The number of hydrogen-bond donors (Lipinski definition) is 0. The highest BCUT2D eigenvalue weighted by Crippen LogP contribution is 2.37. The minimum atomic E-state index is -3.53. The van der Waals surface area contributed by atoms with E-state index in [1.165, 1.54) is 30.0 Å². The van der Waals surface area contributed by atoms with Crippen LogP contribution in [-0.2, 0) is 14.8 Å². The van der Waals surface area contributed by atoms with E-state index in [4.69, 9.17) is 0 Å². The Morgan fingerprint density at radius 1 is 0.893 bits per heavy atom. The van der Waals surface area contributed by atoms with Gasteiger partial charge in [0.05, 0.1) is 10.8 Å². The minimum absolute atomic E-state index is 0.174. The summed E-state index contributed by atoms with van der Waals surface area (Å²) in [4.78, 5) is 15.6. The molecule has 5 nitrogen and oxygen atoms in total. The number of carbonyl (C=O) groups excluding carboxylic acids is 1. The number of benzene rings is 1. The molecular formula is C22H32N2O3S. The maximum absolute atomic E-state index is 13.2. The summed E-state index contributed by atoms with van der Waals surface area (Å²) in [7, 11) is -3.53. The summed E-state index contributed by atoms with van der Waals surface area (Å²) < 4.78 is 27.6. The molecule has 1 amide bonds. The van der Waals surface area contributed by atoms with Crippen molar-refractivity contribution in [3.05, 3.63) is 29.8 Å². The average Bonchev–Trinajstić information content (AvgIpc) is 2.73. The van der Waals surface area contributed by atoms with E-state index in [0.29, 0.717) is 23.9 Å². The van der Waals surface area contributed by atoms with Crippen LogP contribution >= 0.6 is 0 Å². The van der Waals surface area contributed by atoms with Crippen LogP contribution in [0.1, 0.15) is 50.5 Å². The summed E-state index contributed by atoms with van der Waals surface area (Å²) in [6, 6.07) is 7.00. The van der Waals surface area contributed by atoms with Crippen molar-refractivity contribution in [3.8, 4) is 0 Å². The van der Waals surface area contributed by atoms with Crippen LogP contribution in [0.2, 0.25) is 0 Å². The highest BCUT2D eigenvalue weighted by atomic mass is 32.2. The number of sulfonamides is 1. The van der Waals surface area contributed by atoms with Gasteiger partial charge in [-0.2, -0.15) is 4.31 Å². The Morgan fingerprint density at radius 2 is 1.61 bits per heavy atom. The number of piperidine rings is 2. The Labute approximate surface area is 169 Å². The second-order valence-electron chi connectivity index (χ2n) is 8.89.